The van der Waals surface area contributed by atoms with Crippen LogP contribution < -0.4 is 0 Å². The quantitative estimate of drug-likeness (QED) is 0.147. The topological polar surface area (TPSA) is 211 Å². The van der Waals surface area contributed by atoms with Crippen molar-refractivity contribution in [2.75, 3.05) is 6.61 Å². The van der Waals surface area contributed by atoms with Crippen LogP contribution in [0.1, 0.15) is 19.4 Å². The number of aliphatic hydroxyl groups excluding tert-OH is 6. The first-order valence-corrected chi connectivity index (χ1v) is 14.1. The average Bonchev–Trinajstić information content (AvgIpc) is 3.27. The summed E-state index contributed by atoms with van der Waals surface area (Å²) >= 11 is 0. The highest BCUT2D eigenvalue weighted by Gasteiger charge is 2.60. The number of hydrogen-bond donors (Lipinski definition) is 6. The van der Waals surface area contributed by atoms with Crippen LogP contribution in [-0.4, -0.2) is 122 Å². The van der Waals surface area contributed by atoms with Gasteiger partial charge in [-0.1, -0.05) is 35.9 Å². The third-order valence-electron chi connectivity index (χ3n) is 8.17. The van der Waals surface area contributed by atoms with Crippen molar-refractivity contribution in [3.63, 3.8) is 0 Å². The van der Waals surface area contributed by atoms with Gasteiger partial charge < -0.3 is 59.1 Å². The van der Waals surface area contributed by atoms with Gasteiger partial charge in [0, 0.05) is 6.08 Å². The Labute approximate surface area is 252 Å². The van der Waals surface area contributed by atoms with Gasteiger partial charge in [-0.2, -0.15) is 0 Å². The molecule has 6 N–H and O–H groups in total. The van der Waals surface area contributed by atoms with Crippen LogP contribution in [0.4, 0.5) is 0 Å². The van der Waals surface area contributed by atoms with Gasteiger partial charge in [-0.05, 0) is 37.6 Å². The van der Waals surface area contributed by atoms with Gasteiger partial charge in [0.15, 0.2) is 30.1 Å². The first kappa shape index (κ1) is 32.4. The summed E-state index contributed by atoms with van der Waals surface area (Å²) < 4.78 is 34.2. The van der Waals surface area contributed by atoms with Crippen LogP contribution in [0, 0.1) is 5.92 Å². The highest BCUT2D eigenvalue weighted by atomic mass is 16.8. The summed E-state index contributed by atoms with van der Waals surface area (Å²) in [5.41, 5.74) is -0.704. The summed E-state index contributed by atoms with van der Waals surface area (Å²) in [6.45, 7) is 2.40. The maximum absolute atomic E-state index is 13.4. The summed E-state index contributed by atoms with van der Waals surface area (Å²) in [6, 6.07) is 8.94. The summed E-state index contributed by atoms with van der Waals surface area (Å²) in [4.78, 5) is 26.0. The molecule has 4 aliphatic rings. The molecule has 0 radical (unpaired) electrons. The minimum absolute atomic E-state index is 0.432. The second-order valence-electron chi connectivity index (χ2n) is 11.1. The molecule has 0 bridgehead atoms. The molecule has 1 aromatic rings. The molecule has 0 amide bonds. The first-order valence-electron chi connectivity index (χ1n) is 14.1. The number of carbonyl (C=O) groups is 2. The minimum atomic E-state index is -1.86. The van der Waals surface area contributed by atoms with Gasteiger partial charge in [-0.3, -0.25) is 4.79 Å². The molecule has 1 aromatic carbocycles. The molecule has 2 fully saturated rings. The molecular formula is C30H36O14. The van der Waals surface area contributed by atoms with Crippen molar-refractivity contribution in [3.05, 3.63) is 66.0 Å². The number of fused-ring (bicyclic) bond motifs is 1. The fourth-order valence-corrected chi connectivity index (χ4v) is 5.72. The number of carbonyl (C=O) groups excluding carboxylic acids is 2. The van der Waals surface area contributed by atoms with Crippen molar-refractivity contribution < 1.29 is 68.6 Å². The molecule has 0 saturated carbocycles. The van der Waals surface area contributed by atoms with Crippen LogP contribution in [0.5, 0.6) is 0 Å². The molecular weight excluding hydrogens is 584 g/mol. The molecule has 3 heterocycles. The van der Waals surface area contributed by atoms with Gasteiger partial charge in [0.25, 0.3) is 0 Å². The van der Waals surface area contributed by atoms with E-state index in [0.29, 0.717) is 5.57 Å². The number of rotatable bonds is 8. The molecule has 5 rings (SSSR count). The van der Waals surface area contributed by atoms with E-state index in [9.17, 15) is 40.2 Å². The third-order valence-corrected chi connectivity index (χ3v) is 8.17. The van der Waals surface area contributed by atoms with Crippen LogP contribution in [0.3, 0.4) is 0 Å². The van der Waals surface area contributed by atoms with Crippen molar-refractivity contribution in [3.8, 4) is 0 Å². The summed E-state index contributed by atoms with van der Waals surface area (Å²) in [6.07, 6.45) is -10.1. The molecule has 1 aliphatic carbocycles. The van der Waals surface area contributed by atoms with E-state index in [0.717, 1.165) is 17.9 Å². The van der Waals surface area contributed by atoms with Crippen LogP contribution in [0.15, 0.2) is 60.4 Å². The van der Waals surface area contributed by atoms with Gasteiger partial charge in [0.1, 0.15) is 36.6 Å². The van der Waals surface area contributed by atoms with Crippen molar-refractivity contribution in [2.24, 2.45) is 5.92 Å². The van der Waals surface area contributed by atoms with E-state index < -0.39 is 97.6 Å². The van der Waals surface area contributed by atoms with Gasteiger partial charge in [-0.15, -0.1) is 0 Å². The Balaban J connectivity index is 1.34. The fraction of sp³-hybridized carbons (Fsp3) is 0.533. The Hall–Kier alpha value is -3.02. The van der Waals surface area contributed by atoms with Crippen molar-refractivity contribution in [1.29, 1.82) is 0 Å². The Morgan fingerprint density at radius 2 is 1.68 bits per heavy atom. The van der Waals surface area contributed by atoms with E-state index in [-0.39, 0.29) is 0 Å². The van der Waals surface area contributed by atoms with Crippen LogP contribution >= 0.6 is 0 Å². The Morgan fingerprint density at radius 3 is 2.39 bits per heavy atom. The van der Waals surface area contributed by atoms with Gasteiger partial charge >= 0.3 is 5.97 Å². The maximum atomic E-state index is 13.4. The average molecular weight is 621 g/mol. The summed E-state index contributed by atoms with van der Waals surface area (Å²) in [5.74, 6) is -2.43. The lowest BCUT2D eigenvalue weighted by Gasteiger charge is -2.47. The minimum Gasteiger partial charge on any atom is -0.472 e. The number of ketones is 1. The second-order valence-corrected chi connectivity index (χ2v) is 11.1. The zero-order valence-electron chi connectivity index (χ0n) is 23.9. The lowest BCUT2D eigenvalue weighted by molar-refractivity contribution is -0.353. The molecule has 0 spiro atoms. The zero-order chi connectivity index (χ0) is 31.8. The number of aliphatic hydroxyl groups is 6. The fourth-order valence-electron chi connectivity index (χ4n) is 5.72. The molecule has 44 heavy (non-hydrogen) atoms. The Morgan fingerprint density at radius 1 is 0.955 bits per heavy atom. The SMILES string of the molecule is CC1=CC(=O)[C@@]2(O[C@@H]3O[C@H](C)[C@H](O)[C@H](OC(=O)/C=C/c4ccccc4)[C@@H]3O)C=CO[C@@H](O[C@H]3O[C@@H](CO)[C@H](O)[C@@H](O)[C@@H]3O)[C@H]12. The van der Waals surface area contributed by atoms with E-state index in [2.05, 4.69) is 0 Å². The molecule has 14 heteroatoms. The summed E-state index contributed by atoms with van der Waals surface area (Å²) in [5, 5.41) is 62.2. The zero-order valence-corrected chi connectivity index (χ0v) is 23.9. The molecule has 3 aliphatic heterocycles. The smallest absolute Gasteiger partial charge is 0.331 e. The van der Waals surface area contributed by atoms with E-state index >= 15 is 0 Å². The largest absolute Gasteiger partial charge is 0.472 e. The van der Waals surface area contributed by atoms with Crippen LogP contribution in [0.25, 0.3) is 6.08 Å². The molecule has 14 nitrogen and oxygen atoms in total. The predicted molar refractivity (Wildman–Crippen MR) is 147 cm³/mol. The normalized spacial score (nSPS) is 42.1. The Bertz CT molecular complexity index is 1280. The maximum Gasteiger partial charge on any atom is 0.331 e. The van der Waals surface area contributed by atoms with Crippen LogP contribution in [0.2, 0.25) is 0 Å². The molecule has 0 unspecified atom stereocenters. The van der Waals surface area contributed by atoms with E-state index in [1.165, 1.54) is 25.2 Å². The Kier molecular flexibility index (Phi) is 9.67. The number of benzene rings is 1. The van der Waals surface area contributed by atoms with Gasteiger partial charge in [0.05, 0.1) is 24.9 Å². The van der Waals surface area contributed by atoms with Gasteiger partial charge in [0.2, 0.25) is 6.29 Å². The van der Waals surface area contributed by atoms with E-state index in [4.69, 9.17) is 28.4 Å². The van der Waals surface area contributed by atoms with E-state index in [1.54, 1.807) is 31.2 Å². The second kappa shape index (κ2) is 13.1. The van der Waals surface area contributed by atoms with E-state index in [1.807, 2.05) is 6.07 Å². The molecule has 0 aromatic heterocycles. The number of ether oxygens (including phenoxy) is 6. The standard InChI is InChI=1S/C30H36O14/c1-14-12-18(32)30(10-11-39-27(20(14)30)43-28-24(37)23(36)22(35)17(13-31)41-28)44-29-25(38)26(21(34)15(2)40-29)42-19(33)9-8-16-6-4-3-5-7-16/h3-12,15,17,20-29,31,34-38H,13H2,1-2H3/b9-8+/t15-,17+,20+,21+,22+,23-,24+,25+,26+,27+,28-,29+,30+/m1/s1. The lowest BCUT2D eigenvalue weighted by Crippen LogP contribution is -2.63. The predicted octanol–water partition coefficient (Wildman–Crippen LogP) is -1.33. The lowest BCUT2D eigenvalue weighted by atomic mass is 9.83. The molecule has 2 saturated heterocycles. The van der Waals surface area contributed by atoms with Crippen molar-refractivity contribution >= 4 is 17.8 Å². The molecule has 13 atom stereocenters. The van der Waals surface area contributed by atoms with Crippen molar-refractivity contribution in [2.45, 2.75) is 87.2 Å². The third kappa shape index (κ3) is 6.10. The van der Waals surface area contributed by atoms with Crippen molar-refractivity contribution in [1.82, 2.24) is 0 Å². The number of hydrogen-bond acceptors (Lipinski definition) is 14. The highest BCUT2D eigenvalue weighted by molar-refractivity contribution is 6.03. The molecule has 240 valence electrons. The number of esters is 1. The van der Waals surface area contributed by atoms with Gasteiger partial charge in [-0.25, -0.2) is 4.79 Å². The summed E-state index contributed by atoms with van der Waals surface area (Å²) in [7, 11) is 0. The monoisotopic (exact) mass is 620 g/mol. The van der Waals surface area contributed by atoms with Crippen LogP contribution in [-0.2, 0) is 38.0 Å². The highest BCUT2D eigenvalue weighted by Crippen LogP contribution is 2.46. The first-order chi connectivity index (χ1) is 21.0.